The molecule has 0 saturated carbocycles. The molecule has 6 nitrogen and oxygen atoms in total. The van der Waals surface area contributed by atoms with Crippen molar-refractivity contribution in [2.75, 3.05) is 13.2 Å². The van der Waals surface area contributed by atoms with Crippen LogP contribution in [-0.4, -0.2) is 37.2 Å². The lowest BCUT2D eigenvalue weighted by molar-refractivity contribution is -0.167. The normalized spacial score (nSPS) is 12.4. The first-order chi connectivity index (χ1) is 29.0. The van der Waals surface area contributed by atoms with Crippen molar-refractivity contribution in [3.8, 4) is 0 Å². The van der Waals surface area contributed by atoms with Crippen molar-refractivity contribution >= 4 is 17.9 Å². The molecule has 0 aromatic heterocycles. The molecule has 0 amide bonds. The van der Waals surface area contributed by atoms with Crippen molar-refractivity contribution in [2.24, 2.45) is 0 Å². The molecular formula is C53H94O6. The molecule has 1 atom stereocenters. The molecule has 0 aliphatic rings. The summed E-state index contributed by atoms with van der Waals surface area (Å²) in [6.07, 6.45) is 56.6. The summed E-state index contributed by atoms with van der Waals surface area (Å²) in [4.78, 5) is 37.9. The van der Waals surface area contributed by atoms with Gasteiger partial charge < -0.3 is 14.2 Å². The zero-order valence-corrected chi connectivity index (χ0v) is 39.0. The topological polar surface area (TPSA) is 78.9 Å². The van der Waals surface area contributed by atoms with E-state index in [1.807, 2.05) is 0 Å². The largest absolute Gasteiger partial charge is 0.462 e. The predicted octanol–water partition coefficient (Wildman–Crippen LogP) is 16.3. The van der Waals surface area contributed by atoms with Gasteiger partial charge in [-0.1, -0.05) is 179 Å². The summed E-state index contributed by atoms with van der Waals surface area (Å²) in [6.45, 7) is 6.55. The van der Waals surface area contributed by atoms with Gasteiger partial charge in [0.2, 0.25) is 0 Å². The van der Waals surface area contributed by atoms with E-state index in [2.05, 4.69) is 69.4 Å². The Balaban J connectivity index is 4.41. The minimum absolute atomic E-state index is 0.0849. The average Bonchev–Trinajstić information content (AvgIpc) is 3.23. The van der Waals surface area contributed by atoms with Crippen molar-refractivity contribution < 1.29 is 28.6 Å². The molecule has 0 bridgehead atoms. The van der Waals surface area contributed by atoms with E-state index in [1.54, 1.807) is 0 Å². The van der Waals surface area contributed by atoms with Crippen molar-refractivity contribution in [1.82, 2.24) is 0 Å². The number of allylic oxidation sites excluding steroid dienone is 8. The second kappa shape index (κ2) is 48.0. The predicted molar refractivity (Wildman–Crippen MR) is 252 cm³/mol. The van der Waals surface area contributed by atoms with Crippen LogP contribution < -0.4 is 0 Å². The van der Waals surface area contributed by atoms with Crippen molar-refractivity contribution in [2.45, 2.75) is 258 Å². The smallest absolute Gasteiger partial charge is 0.306 e. The number of hydrogen-bond acceptors (Lipinski definition) is 6. The fourth-order valence-electron chi connectivity index (χ4n) is 6.93. The second-order valence-electron chi connectivity index (χ2n) is 16.7. The Kier molecular flexibility index (Phi) is 45.9. The summed E-state index contributed by atoms with van der Waals surface area (Å²) >= 11 is 0. The van der Waals surface area contributed by atoms with Gasteiger partial charge in [-0.05, 0) is 103 Å². The standard InChI is InChI=1S/C53H94O6/c1-4-7-10-13-16-19-22-25-27-29-31-34-37-40-43-46-52(55)58-49-50(48-57-51(54)45-42-39-36-33-30-24-21-18-15-12-9-6-3)59-53(56)47-44-41-38-35-32-28-26-23-20-17-14-11-8-5-2/h16,18-19,21,23,25-27,50H,4-15,17,20,22,24,28-49H2,1-3H3/b19-16-,21-18-,26-23-,27-25-. The molecular weight excluding hydrogens is 733 g/mol. The van der Waals surface area contributed by atoms with Crippen LogP contribution in [-0.2, 0) is 28.6 Å². The zero-order valence-electron chi connectivity index (χ0n) is 39.0. The van der Waals surface area contributed by atoms with Gasteiger partial charge in [0, 0.05) is 19.3 Å². The van der Waals surface area contributed by atoms with Crippen molar-refractivity contribution in [1.29, 1.82) is 0 Å². The van der Waals surface area contributed by atoms with Crippen LogP contribution in [0.5, 0.6) is 0 Å². The Morgan fingerprint density at radius 3 is 0.983 bits per heavy atom. The SMILES string of the molecule is CCCCC/C=C\C/C=C\CCCCCCCC(=O)OCC(COC(=O)CCCCCCC/C=C\CCCCC)OC(=O)CCCCCCC/C=C\CCCCCCC. The third-order valence-corrected chi connectivity index (χ3v) is 10.8. The van der Waals surface area contributed by atoms with Gasteiger partial charge in [-0.3, -0.25) is 14.4 Å². The Labute approximate surface area is 365 Å². The summed E-state index contributed by atoms with van der Waals surface area (Å²) in [6, 6.07) is 0. The van der Waals surface area contributed by atoms with Crippen LogP contribution in [0.1, 0.15) is 252 Å². The Morgan fingerprint density at radius 1 is 0.339 bits per heavy atom. The summed E-state index contributed by atoms with van der Waals surface area (Å²) in [5, 5.41) is 0. The summed E-state index contributed by atoms with van der Waals surface area (Å²) in [5.74, 6) is -0.912. The molecule has 0 saturated heterocycles. The molecule has 0 aliphatic heterocycles. The van der Waals surface area contributed by atoms with Gasteiger partial charge in [-0.25, -0.2) is 0 Å². The van der Waals surface area contributed by atoms with Crippen LogP contribution in [0.3, 0.4) is 0 Å². The Bertz CT molecular complexity index is 1040. The molecule has 0 heterocycles. The first-order valence-electron chi connectivity index (χ1n) is 25.1. The number of ether oxygens (including phenoxy) is 3. The zero-order chi connectivity index (χ0) is 43.0. The third kappa shape index (κ3) is 46.3. The van der Waals surface area contributed by atoms with Gasteiger partial charge in [0.1, 0.15) is 13.2 Å². The first-order valence-corrected chi connectivity index (χ1v) is 25.1. The van der Waals surface area contributed by atoms with E-state index < -0.39 is 6.10 Å². The maximum Gasteiger partial charge on any atom is 0.306 e. The molecule has 0 aromatic carbocycles. The van der Waals surface area contributed by atoms with E-state index in [9.17, 15) is 14.4 Å². The van der Waals surface area contributed by atoms with Crippen LogP contribution in [0, 0.1) is 0 Å². The fourth-order valence-corrected chi connectivity index (χ4v) is 6.93. The highest BCUT2D eigenvalue weighted by atomic mass is 16.6. The molecule has 6 heteroatoms. The lowest BCUT2D eigenvalue weighted by Gasteiger charge is -2.18. The van der Waals surface area contributed by atoms with E-state index in [1.165, 1.54) is 116 Å². The molecule has 0 aliphatic carbocycles. The van der Waals surface area contributed by atoms with E-state index in [4.69, 9.17) is 14.2 Å². The molecule has 0 aromatic rings. The van der Waals surface area contributed by atoms with Crippen LogP contribution in [0.25, 0.3) is 0 Å². The molecule has 59 heavy (non-hydrogen) atoms. The highest BCUT2D eigenvalue weighted by molar-refractivity contribution is 5.71. The van der Waals surface area contributed by atoms with Crippen LogP contribution >= 0.6 is 0 Å². The van der Waals surface area contributed by atoms with Gasteiger partial charge >= 0.3 is 17.9 Å². The van der Waals surface area contributed by atoms with Gasteiger partial charge in [-0.2, -0.15) is 0 Å². The van der Waals surface area contributed by atoms with E-state index in [0.717, 1.165) is 96.3 Å². The molecule has 0 fully saturated rings. The molecule has 0 spiro atoms. The van der Waals surface area contributed by atoms with Gasteiger partial charge in [0.05, 0.1) is 0 Å². The van der Waals surface area contributed by atoms with Crippen molar-refractivity contribution in [3.05, 3.63) is 48.6 Å². The maximum absolute atomic E-state index is 12.8. The average molecular weight is 827 g/mol. The van der Waals surface area contributed by atoms with Crippen LogP contribution in [0.15, 0.2) is 48.6 Å². The maximum atomic E-state index is 12.8. The monoisotopic (exact) mass is 827 g/mol. The van der Waals surface area contributed by atoms with Crippen molar-refractivity contribution in [3.63, 3.8) is 0 Å². The highest BCUT2D eigenvalue weighted by Crippen LogP contribution is 2.14. The molecule has 342 valence electrons. The second-order valence-corrected chi connectivity index (χ2v) is 16.7. The highest BCUT2D eigenvalue weighted by Gasteiger charge is 2.19. The third-order valence-electron chi connectivity index (χ3n) is 10.8. The summed E-state index contributed by atoms with van der Waals surface area (Å²) in [5.41, 5.74) is 0. The Hall–Kier alpha value is -2.63. The van der Waals surface area contributed by atoms with Gasteiger partial charge in [0.15, 0.2) is 6.10 Å². The molecule has 0 radical (unpaired) electrons. The molecule has 1 unspecified atom stereocenters. The van der Waals surface area contributed by atoms with Gasteiger partial charge in [-0.15, -0.1) is 0 Å². The summed E-state index contributed by atoms with van der Waals surface area (Å²) in [7, 11) is 0. The number of carbonyl (C=O) groups is 3. The fraction of sp³-hybridized carbons (Fsp3) is 0.792. The lowest BCUT2D eigenvalue weighted by atomic mass is 10.1. The first kappa shape index (κ1) is 56.4. The minimum Gasteiger partial charge on any atom is -0.462 e. The quantitative estimate of drug-likeness (QED) is 0.0263. The number of rotatable bonds is 45. The molecule has 0 rings (SSSR count). The minimum atomic E-state index is -0.784. The number of esters is 3. The lowest BCUT2D eigenvalue weighted by Crippen LogP contribution is -2.30. The van der Waals surface area contributed by atoms with Crippen LogP contribution in [0.4, 0.5) is 0 Å². The van der Waals surface area contributed by atoms with Gasteiger partial charge in [0.25, 0.3) is 0 Å². The van der Waals surface area contributed by atoms with Crippen LogP contribution in [0.2, 0.25) is 0 Å². The number of hydrogen-bond donors (Lipinski definition) is 0. The number of unbranched alkanes of at least 4 members (excludes halogenated alkanes) is 26. The van der Waals surface area contributed by atoms with E-state index in [0.29, 0.717) is 19.3 Å². The Morgan fingerprint density at radius 2 is 0.610 bits per heavy atom. The van der Waals surface area contributed by atoms with E-state index in [-0.39, 0.29) is 31.1 Å². The summed E-state index contributed by atoms with van der Waals surface area (Å²) < 4.78 is 16.7. The van der Waals surface area contributed by atoms with E-state index >= 15 is 0 Å². The molecule has 0 N–H and O–H groups in total. The number of carbonyl (C=O) groups excluding carboxylic acids is 3.